The Kier molecular flexibility index (Phi) is 6.66. The van der Waals surface area contributed by atoms with Gasteiger partial charge in [-0.15, -0.1) is 11.3 Å². The number of hydrogen-bond acceptors (Lipinski definition) is 4. The smallest absolute Gasteiger partial charge is 0.190 e. The Morgan fingerprint density at radius 2 is 1.92 bits per heavy atom. The van der Waals surface area contributed by atoms with Crippen molar-refractivity contribution in [1.29, 1.82) is 0 Å². The maximum Gasteiger partial charge on any atom is 0.190 e. The number of nitrogens with zero attached hydrogens (tertiary/aromatic N) is 2. The summed E-state index contributed by atoms with van der Waals surface area (Å²) >= 11 is 5.23. The number of halogens is 1. The highest BCUT2D eigenvalue weighted by Crippen LogP contribution is 2.31. The lowest BCUT2D eigenvalue weighted by Crippen LogP contribution is -2.17. The van der Waals surface area contributed by atoms with Crippen molar-refractivity contribution >= 4 is 33.0 Å². The molecule has 0 bridgehead atoms. The highest BCUT2D eigenvalue weighted by Gasteiger charge is 2.10. The van der Waals surface area contributed by atoms with Crippen LogP contribution in [0.5, 0.6) is 5.75 Å². The minimum absolute atomic E-state index is 0.722. The molecule has 0 N–H and O–H groups in total. The Morgan fingerprint density at radius 1 is 1.12 bits per heavy atom. The number of thiazole rings is 1. The van der Waals surface area contributed by atoms with E-state index in [1.807, 2.05) is 36.4 Å². The number of benzene rings is 2. The first-order valence-electron chi connectivity index (χ1n) is 8.34. The van der Waals surface area contributed by atoms with Crippen molar-refractivity contribution in [3.05, 3.63) is 63.2 Å². The average molecular weight is 433 g/mol. The minimum atomic E-state index is 0.722. The zero-order valence-corrected chi connectivity index (χ0v) is 17.2. The molecule has 0 saturated heterocycles. The largest absolute Gasteiger partial charge is 0.496 e. The van der Waals surface area contributed by atoms with Gasteiger partial charge in [0, 0.05) is 31.2 Å². The van der Waals surface area contributed by atoms with Crippen molar-refractivity contribution in [2.75, 3.05) is 20.8 Å². The van der Waals surface area contributed by atoms with Crippen LogP contribution in [0.25, 0.3) is 11.3 Å². The van der Waals surface area contributed by atoms with Gasteiger partial charge in [0.1, 0.15) is 5.75 Å². The van der Waals surface area contributed by atoms with E-state index < -0.39 is 0 Å². The highest BCUT2D eigenvalue weighted by atomic mass is 79.9. The zero-order chi connectivity index (χ0) is 18.4. The summed E-state index contributed by atoms with van der Waals surface area (Å²) in [5.41, 5.74) is 3.22. The first-order valence-corrected chi connectivity index (χ1v) is 10.0. The topological polar surface area (TPSA) is 35.8 Å². The molecular formula is C20H21BrN2O2S. The van der Waals surface area contributed by atoms with Crippen molar-refractivity contribution in [2.24, 2.45) is 4.99 Å². The summed E-state index contributed by atoms with van der Waals surface area (Å²) in [6, 6.07) is 16.2. The number of rotatable bonds is 7. The van der Waals surface area contributed by atoms with Crippen LogP contribution in [0.15, 0.2) is 63.4 Å². The molecule has 0 saturated carbocycles. The summed E-state index contributed by atoms with van der Waals surface area (Å²) in [7, 11) is 3.40. The Hall–Kier alpha value is -1.89. The summed E-state index contributed by atoms with van der Waals surface area (Å²) in [4.78, 5) is 5.81. The second-order valence-corrected chi connectivity index (χ2v) is 7.39. The molecule has 2 aromatic carbocycles. The third-order valence-electron chi connectivity index (χ3n) is 3.96. The molecule has 1 aromatic heterocycles. The van der Waals surface area contributed by atoms with Gasteiger partial charge in [0.05, 0.1) is 23.0 Å². The van der Waals surface area contributed by atoms with Crippen LogP contribution in [0.2, 0.25) is 0 Å². The van der Waals surface area contributed by atoms with E-state index in [-0.39, 0.29) is 0 Å². The molecule has 1 heterocycles. The number of para-hydroxylation sites is 1. The second-order valence-electron chi connectivity index (χ2n) is 5.70. The molecule has 0 radical (unpaired) electrons. The molecule has 0 aliphatic rings. The van der Waals surface area contributed by atoms with Crippen LogP contribution in [-0.4, -0.2) is 25.4 Å². The molecule has 26 heavy (non-hydrogen) atoms. The average Bonchev–Trinajstić information content (AvgIpc) is 3.05. The predicted octanol–water partition coefficient (Wildman–Crippen LogP) is 5.26. The van der Waals surface area contributed by atoms with Gasteiger partial charge in [0.2, 0.25) is 0 Å². The maximum atomic E-state index is 5.34. The minimum Gasteiger partial charge on any atom is -0.496 e. The normalized spacial score (nSPS) is 11.7. The van der Waals surface area contributed by atoms with Gasteiger partial charge in [-0.05, 0) is 52.7 Å². The van der Waals surface area contributed by atoms with Crippen LogP contribution < -0.4 is 9.54 Å². The maximum absolute atomic E-state index is 5.34. The summed E-state index contributed by atoms with van der Waals surface area (Å²) in [5.74, 6) is 0.823. The molecule has 0 unspecified atom stereocenters. The van der Waals surface area contributed by atoms with E-state index >= 15 is 0 Å². The van der Waals surface area contributed by atoms with Crippen LogP contribution in [-0.2, 0) is 11.3 Å². The van der Waals surface area contributed by atoms with Gasteiger partial charge < -0.3 is 14.0 Å². The van der Waals surface area contributed by atoms with E-state index in [1.165, 1.54) is 0 Å². The van der Waals surface area contributed by atoms with Crippen LogP contribution in [0.3, 0.4) is 0 Å². The molecule has 0 amide bonds. The molecule has 0 spiro atoms. The lowest BCUT2D eigenvalue weighted by atomic mass is 10.1. The SMILES string of the molecule is COCCCn1c(-c2ccc(OC)c(Br)c2)csc1=Nc1ccccc1. The number of hydrogen-bond donors (Lipinski definition) is 0. The van der Waals surface area contributed by atoms with E-state index in [0.717, 1.165) is 51.5 Å². The summed E-state index contributed by atoms with van der Waals surface area (Å²) in [6.45, 7) is 1.57. The monoisotopic (exact) mass is 432 g/mol. The van der Waals surface area contributed by atoms with Gasteiger partial charge in [-0.1, -0.05) is 18.2 Å². The number of ether oxygens (including phenoxy) is 2. The van der Waals surface area contributed by atoms with Gasteiger partial charge in [-0.3, -0.25) is 0 Å². The summed E-state index contributed by atoms with van der Waals surface area (Å²) in [5, 5.41) is 2.16. The fraction of sp³-hybridized carbons (Fsp3) is 0.250. The first kappa shape index (κ1) is 18.9. The number of aromatic nitrogens is 1. The molecule has 4 nitrogen and oxygen atoms in total. The number of methoxy groups -OCH3 is 2. The van der Waals surface area contributed by atoms with E-state index in [1.54, 1.807) is 25.6 Å². The van der Waals surface area contributed by atoms with Gasteiger partial charge in [0.25, 0.3) is 0 Å². The van der Waals surface area contributed by atoms with Crippen molar-refractivity contribution in [2.45, 2.75) is 13.0 Å². The molecule has 0 aliphatic heterocycles. The van der Waals surface area contributed by atoms with E-state index in [2.05, 4.69) is 38.0 Å². The lowest BCUT2D eigenvalue weighted by molar-refractivity contribution is 0.190. The van der Waals surface area contributed by atoms with Crippen molar-refractivity contribution in [3.63, 3.8) is 0 Å². The Morgan fingerprint density at radius 3 is 2.62 bits per heavy atom. The van der Waals surface area contributed by atoms with E-state index in [0.29, 0.717) is 0 Å². The molecule has 3 rings (SSSR count). The van der Waals surface area contributed by atoms with E-state index in [4.69, 9.17) is 14.5 Å². The quantitative estimate of drug-likeness (QED) is 0.477. The first-order chi connectivity index (χ1) is 12.7. The zero-order valence-electron chi connectivity index (χ0n) is 14.8. The van der Waals surface area contributed by atoms with Gasteiger partial charge >= 0.3 is 0 Å². The fourth-order valence-corrected chi connectivity index (χ4v) is 4.17. The van der Waals surface area contributed by atoms with Crippen molar-refractivity contribution < 1.29 is 9.47 Å². The predicted molar refractivity (Wildman–Crippen MR) is 110 cm³/mol. The summed E-state index contributed by atoms with van der Waals surface area (Å²) < 4.78 is 13.8. The van der Waals surface area contributed by atoms with Crippen molar-refractivity contribution in [3.8, 4) is 17.0 Å². The highest BCUT2D eigenvalue weighted by molar-refractivity contribution is 9.10. The molecule has 0 fully saturated rings. The Bertz CT molecular complexity index is 919. The van der Waals surface area contributed by atoms with Gasteiger partial charge in [-0.2, -0.15) is 0 Å². The molecular weight excluding hydrogens is 412 g/mol. The molecule has 3 aromatic rings. The van der Waals surface area contributed by atoms with E-state index in [9.17, 15) is 0 Å². The third kappa shape index (κ3) is 4.44. The van der Waals surface area contributed by atoms with Gasteiger partial charge in [-0.25, -0.2) is 4.99 Å². The second kappa shape index (κ2) is 9.16. The Labute approximate surface area is 165 Å². The van der Waals surface area contributed by atoms with Crippen LogP contribution >= 0.6 is 27.3 Å². The van der Waals surface area contributed by atoms with Crippen LogP contribution in [0.4, 0.5) is 5.69 Å². The van der Waals surface area contributed by atoms with Crippen LogP contribution in [0.1, 0.15) is 6.42 Å². The van der Waals surface area contributed by atoms with Crippen LogP contribution in [0, 0.1) is 0 Å². The lowest BCUT2D eigenvalue weighted by Gasteiger charge is -2.11. The summed E-state index contributed by atoms with van der Waals surface area (Å²) in [6.07, 6.45) is 0.930. The fourth-order valence-electron chi connectivity index (χ4n) is 2.67. The van der Waals surface area contributed by atoms with Crippen molar-refractivity contribution in [1.82, 2.24) is 4.57 Å². The molecule has 0 atom stereocenters. The molecule has 6 heteroatoms. The molecule has 136 valence electrons. The van der Waals surface area contributed by atoms with Gasteiger partial charge in [0.15, 0.2) is 4.80 Å². The third-order valence-corrected chi connectivity index (χ3v) is 5.44. The Balaban J connectivity index is 2.05. The molecule has 0 aliphatic carbocycles. The standard InChI is InChI=1S/C20H21BrN2O2S/c1-24-12-6-11-23-18(15-9-10-19(25-2)17(21)13-15)14-26-20(23)22-16-7-4-3-5-8-16/h3-5,7-10,13-14H,6,11-12H2,1-2H3.